The summed E-state index contributed by atoms with van der Waals surface area (Å²) >= 11 is 3.46. The lowest BCUT2D eigenvalue weighted by molar-refractivity contribution is 0.795. The molecule has 0 fully saturated rings. The molecule has 0 saturated carbocycles. The average molecular weight is 237 g/mol. The monoisotopic (exact) mass is 236 g/mol. The zero-order valence-electron chi connectivity index (χ0n) is 7.97. The van der Waals surface area contributed by atoms with Crippen molar-refractivity contribution < 1.29 is 0 Å². The molecule has 1 aromatic rings. The van der Waals surface area contributed by atoms with Crippen molar-refractivity contribution in [3.63, 3.8) is 0 Å². The summed E-state index contributed by atoms with van der Waals surface area (Å²) in [4.78, 5) is 0. The van der Waals surface area contributed by atoms with Gasteiger partial charge in [-0.2, -0.15) is 0 Å². The zero-order chi connectivity index (χ0) is 9.68. The number of hydrogen-bond donors (Lipinski definition) is 0. The fourth-order valence-corrected chi connectivity index (χ4v) is 1.60. The molecule has 0 aromatic heterocycles. The molecule has 0 radical (unpaired) electrons. The zero-order valence-corrected chi connectivity index (χ0v) is 9.56. The highest BCUT2D eigenvalue weighted by atomic mass is 79.9. The second-order valence-electron chi connectivity index (χ2n) is 3.09. The Labute approximate surface area is 88.5 Å². The van der Waals surface area contributed by atoms with E-state index in [1.807, 2.05) is 13.0 Å². The Hall–Kier alpha value is -0.740. The van der Waals surface area contributed by atoms with E-state index in [9.17, 15) is 0 Å². The Bertz CT molecular complexity index is 330. The lowest BCUT2D eigenvalue weighted by Crippen LogP contribution is -1.91. The van der Waals surface area contributed by atoms with Gasteiger partial charge in [-0.3, -0.25) is 0 Å². The maximum atomic E-state index is 3.46. The molecule has 0 spiro atoms. The molecule has 0 heterocycles. The third-order valence-electron chi connectivity index (χ3n) is 2.00. The first-order chi connectivity index (χ1) is 6.24. The number of rotatable bonds is 2. The summed E-state index contributed by atoms with van der Waals surface area (Å²) in [6.45, 7) is 4.08. The number of halogens is 1. The SMILES string of the molecule is CC#CCC(C)c1cccc(Br)c1. The van der Waals surface area contributed by atoms with Gasteiger partial charge in [-0.1, -0.05) is 35.0 Å². The maximum Gasteiger partial charge on any atom is 0.0178 e. The molecule has 0 bridgehead atoms. The van der Waals surface area contributed by atoms with E-state index in [-0.39, 0.29) is 0 Å². The first-order valence-corrected chi connectivity index (χ1v) is 5.18. The van der Waals surface area contributed by atoms with Crippen LogP contribution in [0.1, 0.15) is 31.7 Å². The van der Waals surface area contributed by atoms with Gasteiger partial charge in [0.1, 0.15) is 0 Å². The molecular weight excluding hydrogens is 224 g/mol. The molecule has 1 unspecified atom stereocenters. The first-order valence-electron chi connectivity index (χ1n) is 4.39. The van der Waals surface area contributed by atoms with E-state index in [1.54, 1.807) is 0 Å². The topological polar surface area (TPSA) is 0 Å². The summed E-state index contributed by atoms with van der Waals surface area (Å²) in [6.07, 6.45) is 0.937. The molecule has 0 aliphatic heterocycles. The highest BCUT2D eigenvalue weighted by Gasteiger charge is 2.02. The van der Waals surface area contributed by atoms with Gasteiger partial charge in [0.25, 0.3) is 0 Å². The van der Waals surface area contributed by atoms with Gasteiger partial charge in [0.2, 0.25) is 0 Å². The second kappa shape index (κ2) is 5.09. The Morgan fingerprint density at radius 3 is 2.85 bits per heavy atom. The van der Waals surface area contributed by atoms with Crippen LogP contribution in [0.4, 0.5) is 0 Å². The van der Waals surface area contributed by atoms with Crippen LogP contribution in [0.2, 0.25) is 0 Å². The van der Waals surface area contributed by atoms with E-state index in [4.69, 9.17) is 0 Å². The third kappa shape index (κ3) is 3.24. The van der Waals surface area contributed by atoms with Gasteiger partial charge in [-0.25, -0.2) is 0 Å². The lowest BCUT2D eigenvalue weighted by atomic mass is 9.98. The molecule has 0 aliphatic rings. The average Bonchev–Trinajstić information content (AvgIpc) is 2.14. The minimum absolute atomic E-state index is 0.518. The molecule has 1 heteroatoms. The van der Waals surface area contributed by atoms with Gasteiger partial charge in [0.05, 0.1) is 0 Å². The van der Waals surface area contributed by atoms with Gasteiger partial charge in [-0.05, 0) is 30.5 Å². The van der Waals surface area contributed by atoms with E-state index in [0.717, 1.165) is 10.9 Å². The smallest absolute Gasteiger partial charge is 0.0178 e. The van der Waals surface area contributed by atoms with Crippen LogP contribution in [-0.4, -0.2) is 0 Å². The molecule has 1 aromatic carbocycles. The summed E-state index contributed by atoms with van der Waals surface area (Å²) in [5.41, 5.74) is 1.34. The van der Waals surface area contributed by atoms with E-state index < -0.39 is 0 Å². The molecule has 1 atom stereocenters. The molecule has 0 nitrogen and oxygen atoms in total. The van der Waals surface area contributed by atoms with Crippen molar-refractivity contribution in [1.29, 1.82) is 0 Å². The minimum Gasteiger partial charge on any atom is -0.107 e. The number of benzene rings is 1. The van der Waals surface area contributed by atoms with E-state index in [0.29, 0.717) is 5.92 Å². The highest BCUT2D eigenvalue weighted by Crippen LogP contribution is 2.21. The van der Waals surface area contributed by atoms with Gasteiger partial charge in [0.15, 0.2) is 0 Å². The van der Waals surface area contributed by atoms with Crippen LogP contribution < -0.4 is 0 Å². The standard InChI is InChI=1S/C12H13Br/c1-3-4-6-10(2)11-7-5-8-12(13)9-11/h5,7-10H,6H2,1-2H3. The van der Waals surface area contributed by atoms with Crippen LogP contribution >= 0.6 is 15.9 Å². The van der Waals surface area contributed by atoms with Crippen LogP contribution in [-0.2, 0) is 0 Å². The summed E-state index contributed by atoms with van der Waals surface area (Å²) in [5.74, 6) is 6.54. The summed E-state index contributed by atoms with van der Waals surface area (Å²) in [5, 5.41) is 0. The van der Waals surface area contributed by atoms with Gasteiger partial charge in [-0.15, -0.1) is 11.8 Å². The van der Waals surface area contributed by atoms with Crippen LogP contribution in [0.15, 0.2) is 28.7 Å². The predicted octanol–water partition coefficient (Wildman–Crippen LogP) is 3.97. The summed E-state index contributed by atoms with van der Waals surface area (Å²) < 4.78 is 1.14. The Kier molecular flexibility index (Phi) is 4.05. The Morgan fingerprint density at radius 2 is 2.23 bits per heavy atom. The quantitative estimate of drug-likeness (QED) is 0.683. The van der Waals surface area contributed by atoms with Gasteiger partial charge >= 0.3 is 0 Å². The fourth-order valence-electron chi connectivity index (χ4n) is 1.19. The van der Waals surface area contributed by atoms with Gasteiger partial charge < -0.3 is 0 Å². The Balaban J connectivity index is 2.74. The van der Waals surface area contributed by atoms with Crippen molar-refractivity contribution in [2.24, 2.45) is 0 Å². The second-order valence-corrected chi connectivity index (χ2v) is 4.00. The third-order valence-corrected chi connectivity index (χ3v) is 2.50. The molecule has 68 valence electrons. The fraction of sp³-hybridized carbons (Fsp3) is 0.333. The first kappa shape index (κ1) is 10.3. The van der Waals surface area contributed by atoms with Gasteiger partial charge in [0, 0.05) is 10.9 Å². The van der Waals surface area contributed by atoms with Crippen LogP contribution in [0.3, 0.4) is 0 Å². The predicted molar refractivity (Wildman–Crippen MR) is 60.6 cm³/mol. The lowest BCUT2D eigenvalue weighted by Gasteiger charge is -2.07. The number of hydrogen-bond acceptors (Lipinski definition) is 0. The van der Waals surface area contributed by atoms with Crippen molar-refractivity contribution >= 4 is 15.9 Å². The van der Waals surface area contributed by atoms with E-state index >= 15 is 0 Å². The molecular formula is C12H13Br. The molecule has 13 heavy (non-hydrogen) atoms. The highest BCUT2D eigenvalue weighted by molar-refractivity contribution is 9.10. The molecule has 0 aliphatic carbocycles. The van der Waals surface area contributed by atoms with E-state index in [1.165, 1.54) is 5.56 Å². The summed E-state index contributed by atoms with van der Waals surface area (Å²) in [7, 11) is 0. The molecule has 0 N–H and O–H groups in total. The van der Waals surface area contributed by atoms with Crippen molar-refractivity contribution in [2.45, 2.75) is 26.2 Å². The van der Waals surface area contributed by atoms with E-state index in [2.05, 4.69) is 52.9 Å². The van der Waals surface area contributed by atoms with Crippen molar-refractivity contribution in [3.8, 4) is 11.8 Å². The normalized spacial score (nSPS) is 11.6. The maximum absolute atomic E-state index is 3.46. The minimum atomic E-state index is 0.518. The van der Waals surface area contributed by atoms with Crippen LogP contribution in [0.25, 0.3) is 0 Å². The van der Waals surface area contributed by atoms with Crippen LogP contribution in [0, 0.1) is 11.8 Å². The summed E-state index contributed by atoms with van der Waals surface area (Å²) in [6, 6.07) is 8.41. The van der Waals surface area contributed by atoms with Crippen LogP contribution in [0.5, 0.6) is 0 Å². The molecule has 0 saturated heterocycles. The van der Waals surface area contributed by atoms with Crippen molar-refractivity contribution in [3.05, 3.63) is 34.3 Å². The van der Waals surface area contributed by atoms with Crippen molar-refractivity contribution in [2.75, 3.05) is 0 Å². The molecule has 0 amide bonds. The Morgan fingerprint density at radius 1 is 1.46 bits per heavy atom. The largest absolute Gasteiger partial charge is 0.107 e. The molecule has 1 rings (SSSR count). The van der Waals surface area contributed by atoms with Crippen molar-refractivity contribution in [1.82, 2.24) is 0 Å².